The van der Waals surface area contributed by atoms with Crippen LogP contribution in [0.2, 0.25) is 0 Å². The monoisotopic (exact) mass is 343 g/mol. The number of ether oxygens (including phenoxy) is 1. The van der Waals surface area contributed by atoms with E-state index in [0.29, 0.717) is 6.10 Å². The van der Waals surface area contributed by atoms with Gasteiger partial charge in [0.25, 0.3) is 0 Å². The number of nitrogens with zero attached hydrogens (tertiary/aromatic N) is 1. The lowest BCUT2D eigenvalue weighted by Crippen LogP contribution is -2.26. The van der Waals surface area contributed by atoms with Crippen LogP contribution in [-0.4, -0.2) is 12.7 Å². The van der Waals surface area contributed by atoms with E-state index in [-0.39, 0.29) is 0 Å². The Labute approximate surface area is 155 Å². The zero-order valence-electron chi connectivity index (χ0n) is 16.2. The number of hydrogen-bond donors (Lipinski definition) is 0. The molecule has 25 heavy (non-hydrogen) atoms. The Bertz CT molecular complexity index is 431. The molecule has 2 nitrogen and oxygen atoms in total. The summed E-state index contributed by atoms with van der Waals surface area (Å²) in [6.07, 6.45) is 24.1. The fourth-order valence-electron chi connectivity index (χ4n) is 4.56. The zero-order chi connectivity index (χ0) is 17.7. The molecular weight excluding hydrogens is 306 g/mol. The van der Waals surface area contributed by atoms with Gasteiger partial charge in [-0.3, -0.25) is 0 Å². The third kappa shape index (κ3) is 8.23. The standard InChI is InChI=1S/C23H37NO/c1-2-8-20-10-12-22(13-11-20)19-25-23-16-14-21(15-17-23)9-6-4-3-5-7-18-24/h3-5,7,20-23H,2,6,8-17,19H2,1H3/t20-,21-,22-,23-. The van der Waals surface area contributed by atoms with Gasteiger partial charge < -0.3 is 4.74 Å². The molecular formula is C23H37NO. The molecule has 2 aliphatic rings. The summed E-state index contributed by atoms with van der Waals surface area (Å²) in [5.41, 5.74) is 0. The third-order valence-electron chi connectivity index (χ3n) is 6.18. The lowest BCUT2D eigenvalue weighted by molar-refractivity contribution is -0.0101. The third-order valence-corrected chi connectivity index (χ3v) is 6.18. The van der Waals surface area contributed by atoms with Crippen LogP contribution in [0.1, 0.15) is 84.0 Å². The molecule has 0 amide bonds. The quantitative estimate of drug-likeness (QED) is 0.350. The predicted molar refractivity (Wildman–Crippen MR) is 105 cm³/mol. The minimum Gasteiger partial charge on any atom is -0.378 e. The molecule has 140 valence electrons. The number of rotatable bonds is 9. The molecule has 2 rings (SSSR count). The fourth-order valence-corrected chi connectivity index (χ4v) is 4.56. The number of allylic oxidation sites excluding steroid dienone is 4. The first-order valence-corrected chi connectivity index (χ1v) is 10.6. The van der Waals surface area contributed by atoms with Crippen molar-refractivity contribution >= 4 is 0 Å². The summed E-state index contributed by atoms with van der Waals surface area (Å²) in [7, 11) is 0. The Morgan fingerprint density at radius 2 is 1.52 bits per heavy atom. The Morgan fingerprint density at radius 1 is 0.880 bits per heavy atom. The molecule has 0 aromatic heterocycles. The van der Waals surface area contributed by atoms with Gasteiger partial charge in [0, 0.05) is 12.7 Å². The highest BCUT2D eigenvalue weighted by atomic mass is 16.5. The molecule has 0 bridgehead atoms. The second-order valence-electron chi connectivity index (χ2n) is 8.15. The second kappa shape index (κ2) is 12.3. The van der Waals surface area contributed by atoms with Crippen LogP contribution in [0.5, 0.6) is 0 Å². The summed E-state index contributed by atoms with van der Waals surface area (Å²) in [4.78, 5) is 0. The number of hydrogen-bond acceptors (Lipinski definition) is 2. The lowest BCUT2D eigenvalue weighted by atomic mass is 9.80. The van der Waals surface area contributed by atoms with Crippen molar-refractivity contribution in [3.05, 3.63) is 24.3 Å². The lowest BCUT2D eigenvalue weighted by Gasteiger charge is -2.32. The normalized spacial score (nSPS) is 30.7. The van der Waals surface area contributed by atoms with Crippen LogP contribution in [0.15, 0.2) is 24.3 Å². The molecule has 0 spiro atoms. The molecule has 0 atom stereocenters. The van der Waals surface area contributed by atoms with E-state index in [0.717, 1.165) is 30.8 Å². The van der Waals surface area contributed by atoms with Gasteiger partial charge in [-0.05, 0) is 69.1 Å². The van der Waals surface area contributed by atoms with Gasteiger partial charge in [-0.1, -0.05) is 50.8 Å². The van der Waals surface area contributed by atoms with E-state index in [1.165, 1.54) is 76.7 Å². The maximum absolute atomic E-state index is 8.43. The van der Waals surface area contributed by atoms with Gasteiger partial charge in [-0.25, -0.2) is 0 Å². The topological polar surface area (TPSA) is 33.0 Å². The maximum atomic E-state index is 8.43. The largest absolute Gasteiger partial charge is 0.378 e. The van der Waals surface area contributed by atoms with Crippen molar-refractivity contribution < 1.29 is 4.74 Å². The molecule has 2 aliphatic carbocycles. The molecule has 0 radical (unpaired) electrons. The van der Waals surface area contributed by atoms with Gasteiger partial charge in [0.15, 0.2) is 0 Å². The predicted octanol–water partition coefficient (Wildman–Crippen LogP) is 6.58. The van der Waals surface area contributed by atoms with Crippen LogP contribution in [0.25, 0.3) is 0 Å². The molecule has 0 unspecified atom stereocenters. The van der Waals surface area contributed by atoms with Crippen molar-refractivity contribution in [1.82, 2.24) is 0 Å². The fraction of sp³-hybridized carbons (Fsp3) is 0.783. The Balaban J connectivity index is 1.52. The van der Waals surface area contributed by atoms with E-state index >= 15 is 0 Å². The van der Waals surface area contributed by atoms with Crippen LogP contribution in [0, 0.1) is 29.1 Å². The van der Waals surface area contributed by atoms with Crippen LogP contribution < -0.4 is 0 Å². The minimum atomic E-state index is 0.527. The Hall–Kier alpha value is -1.07. The van der Waals surface area contributed by atoms with Crippen molar-refractivity contribution in [3.8, 4) is 6.07 Å². The van der Waals surface area contributed by atoms with Crippen LogP contribution in [0.3, 0.4) is 0 Å². The highest BCUT2D eigenvalue weighted by Crippen LogP contribution is 2.33. The van der Waals surface area contributed by atoms with E-state index in [1.54, 1.807) is 0 Å². The first-order valence-electron chi connectivity index (χ1n) is 10.6. The molecule has 0 aromatic rings. The number of nitriles is 1. The average Bonchev–Trinajstić information content (AvgIpc) is 2.65. The van der Waals surface area contributed by atoms with Crippen molar-refractivity contribution in [1.29, 1.82) is 5.26 Å². The smallest absolute Gasteiger partial charge is 0.0912 e. The summed E-state index contributed by atoms with van der Waals surface area (Å²) < 4.78 is 6.28. The van der Waals surface area contributed by atoms with E-state index in [4.69, 9.17) is 10.00 Å². The maximum Gasteiger partial charge on any atom is 0.0912 e. The van der Waals surface area contributed by atoms with Gasteiger partial charge >= 0.3 is 0 Å². The summed E-state index contributed by atoms with van der Waals surface area (Å²) in [6, 6.07) is 2.01. The molecule has 0 aliphatic heterocycles. The Morgan fingerprint density at radius 3 is 2.20 bits per heavy atom. The molecule has 2 fully saturated rings. The summed E-state index contributed by atoms with van der Waals surface area (Å²) in [5, 5.41) is 8.43. The minimum absolute atomic E-state index is 0.527. The van der Waals surface area contributed by atoms with Gasteiger partial charge in [-0.2, -0.15) is 5.26 Å². The zero-order valence-corrected chi connectivity index (χ0v) is 16.2. The molecule has 2 saturated carbocycles. The van der Waals surface area contributed by atoms with Gasteiger partial charge in [0.1, 0.15) is 0 Å². The first-order chi connectivity index (χ1) is 12.3. The summed E-state index contributed by atoms with van der Waals surface area (Å²) in [5.74, 6) is 2.70. The van der Waals surface area contributed by atoms with Gasteiger partial charge in [0.2, 0.25) is 0 Å². The molecule has 0 saturated heterocycles. The highest BCUT2D eigenvalue weighted by molar-refractivity contribution is 5.11. The SMILES string of the molecule is CCC[C@H]1CC[C@H](CO[C@H]2CC[C@H](CCC=CC=CC#N)CC2)CC1. The van der Waals surface area contributed by atoms with Crippen molar-refractivity contribution in [2.45, 2.75) is 90.1 Å². The van der Waals surface area contributed by atoms with Crippen LogP contribution >= 0.6 is 0 Å². The second-order valence-corrected chi connectivity index (χ2v) is 8.15. The summed E-state index contributed by atoms with van der Waals surface area (Å²) >= 11 is 0. The van der Waals surface area contributed by atoms with E-state index in [1.807, 2.05) is 18.2 Å². The molecule has 0 N–H and O–H groups in total. The van der Waals surface area contributed by atoms with Gasteiger partial charge in [-0.15, -0.1) is 0 Å². The van der Waals surface area contributed by atoms with E-state index in [9.17, 15) is 0 Å². The van der Waals surface area contributed by atoms with Crippen molar-refractivity contribution in [2.24, 2.45) is 17.8 Å². The van der Waals surface area contributed by atoms with Crippen molar-refractivity contribution in [2.75, 3.05) is 6.61 Å². The van der Waals surface area contributed by atoms with E-state index in [2.05, 4.69) is 13.0 Å². The first kappa shape index (κ1) is 20.2. The average molecular weight is 344 g/mol. The van der Waals surface area contributed by atoms with Crippen molar-refractivity contribution in [3.63, 3.8) is 0 Å². The van der Waals surface area contributed by atoms with Crippen LogP contribution in [0.4, 0.5) is 0 Å². The molecule has 0 aromatic carbocycles. The Kier molecular flexibility index (Phi) is 9.97. The van der Waals surface area contributed by atoms with E-state index < -0.39 is 0 Å². The molecule has 0 heterocycles. The van der Waals surface area contributed by atoms with Crippen LogP contribution in [-0.2, 0) is 4.74 Å². The highest BCUT2D eigenvalue weighted by Gasteiger charge is 2.24. The van der Waals surface area contributed by atoms with Gasteiger partial charge in [0.05, 0.1) is 12.2 Å². The summed E-state index contributed by atoms with van der Waals surface area (Å²) in [6.45, 7) is 3.33. The molecule has 2 heteroatoms.